The van der Waals surface area contributed by atoms with Crippen LogP contribution in [0.5, 0.6) is 5.75 Å². The molecule has 6 nitrogen and oxygen atoms in total. The summed E-state index contributed by atoms with van der Waals surface area (Å²) in [5, 5.41) is 2.89. The summed E-state index contributed by atoms with van der Waals surface area (Å²) >= 11 is 11.4. The van der Waals surface area contributed by atoms with Crippen LogP contribution in [0.3, 0.4) is 0 Å². The quantitative estimate of drug-likeness (QED) is 0.697. The van der Waals surface area contributed by atoms with E-state index in [0.717, 1.165) is 11.4 Å². The first-order valence-corrected chi connectivity index (χ1v) is 9.36. The van der Waals surface area contributed by atoms with E-state index in [9.17, 15) is 9.59 Å². The van der Waals surface area contributed by atoms with E-state index in [-0.39, 0.29) is 24.4 Å². The van der Waals surface area contributed by atoms with Gasteiger partial charge in [0.15, 0.2) is 0 Å². The maximum Gasteiger partial charge on any atom is 0.317 e. The number of nitrogens with zero attached hydrogens (tertiary/aromatic N) is 2. The largest absolute Gasteiger partial charge is 0.494 e. The van der Waals surface area contributed by atoms with Gasteiger partial charge in [-0.3, -0.25) is 4.79 Å². The summed E-state index contributed by atoms with van der Waals surface area (Å²) < 4.78 is 5.41. The van der Waals surface area contributed by atoms with E-state index in [1.165, 1.54) is 0 Å². The number of carbonyl (C=O) groups excluding carboxylic acids is 2. The Morgan fingerprint density at radius 3 is 2.48 bits per heavy atom. The summed E-state index contributed by atoms with van der Waals surface area (Å²) in [7, 11) is 0. The van der Waals surface area contributed by atoms with Gasteiger partial charge in [-0.2, -0.15) is 0 Å². The zero-order chi connectivity index (χ0) is 18.2. The fourth-order valence-corrected chi connectivity index (χ4v) is 3.14. The second-order valence-corrected chi connectivity index (χ2v) is 6.40. The molecule has 1 aromatic rings. The zero-order valence-corrected chi connectivity index (χ0v) is 15.7. The lowest BCUT2D eigenvalue weighted by Crippen LogP contribution is -2.47. The Morgan fingerprint density at radius 2 is 1.92 bits per heavy atom. The van der Waals surface area contributed by atoms with E-state index in [1.807, 2.05) is 31.2 Å². The lowest BCUT2D eigenvalue weighted by Gasteiger charge is -2.23. The topological polar surface area (TPSA) is 61.9 Å². The van der Waals surface area contributed by atoms with Crippen LogP contribution in [-0.4, -0.2) is 60.9 Å². The van der Waals surface area contributed by atoms with E-state index in [0.29, 0.717) is 38.0 Å². The van der Waals surface area contributed by atoms with E-state index in [2.05, 4.69) is 5.32 Å². The number of anilines is 1. The molecule has 1 heterocycles. The van der Waals surface area contributed by atoms with Crippen LogP contribution < -0.4 is 15.0 Å². The van der Waals surface area contributed by atoms with Crippen LogP contribution in [-0.2, 0) is 4.79 Å². The Hall–Kier alpha value is -1.66. The van der Waals surface area contributed by atoms with E-state index in [1.54, 1.807) is 9.80 Å². The first kappa shape index (κ1) is 19.7. The number of alkyl halides is 2. The molecule has 1 unspecified atom stereocenters. The Kier molecular flexibility index (Phi) is 7.65. The highest BCUT2D eigenvalue weighted by Crippen LogP contribution is 2.24. The monoisotopic (exact) mass is 387 g/mol. The highest BCUT2D eigenvalue weighted by atomic mass is 35.5. The van der Waals surface area contributed by atoms with E-state index < -0.39 is 0 Å². The van der Waals surface area contributed by atoms with Gasteiger partial charge in [-0.1, -0.05) is 0 Å². The molecule has 0 aliphatic carbocycles. The number of ether oxygens (including phenoxy) is 1. The number of urea groups is 1. The van der Waals surface area contributed by atoms with Gasteiger partial charge < -0.3 is 19.9 Å². The van der Waals surface area contributed by atoms with Crippen molar-refractivity contribution >= 4 is 40.8 Å². The van der Waals surface area contributed by atoms with Crippen molar-refractivity contribution in [1.29, 1.82) is 0 Å². The van der Waals surface area contributed by atoms with Crippen molar-refractivity contribution in [3.05, 3.63) is 24.3 Å². The molecule has 0 aromatic heterocycles. The molecule has 1 aromatic carbocycles. The van der Waals surface area contributed by atoms with Crippen molar-refractivity contribution in [3.8, 4) is 5.75 Å². The lowest BCUT2D eigenvalue weighted by atomic mass is 10.2. The Bertz CT molecular complexity index is 577. The van der Waals surface area contributed by atoms with Gasteiger partial charge in [0, 0.05) is 43.5 Å². The molecule has 1 aliphatic rings. The van der Waals surface area contributed by atoms with Crippen LogP contribution in [0.25, 0.3) is 0 Å². The molecule has 0 radical (unpaired) electrons. The number of rotatable bonds is 8. The average molecular weight is 388 g/mol. The third-order valence-corrected chi connectivity index (χ3v) is 4.25. The summed E-state index contributed by atoms with van der Waals surface area (Å²) in [6.45, 7) is 3.79. The van der Waals surface area contributed by atoms with Crippen molar-refractivity contribution in [2.45, 2.75) is 19.4 Å². The minimum Gasteiger partial charge on any atom is -0.494 e. The molecule has 8 heteroatoms. The Labute approximate surface area is 158 Å². The smallest absolute Gasteiger partial charge is 0.317 e. The van der Waals surface area contributed by atoms with Crippen LogP contribution in [0.2, 0.25) is 0 Å². The molecular weight excluding hydrogens is 365 g/mol. The van der Waals surface area contributed by atoms with Crippen LogP contribution >= 0.6 is 23.2 Å². The molecule has 1 N–H and O–H groups in total. The molecule has 25 heavy (non-hydrogen) atoms. The second kappa shape index (κ2) is 9.73. The van der Waals surface area contributed by atoms with Gasteiger partial charge >= 0.3 is 6.03 Å². The second-order valence-electron chi connectivity index (χ2n) is 5.65. The summed E-state index contributed by atoms with van der Waals surface area (Å²) in [5.41, 5.74) is 0.795. The zero-order valence-electron chi connectivity index (χ0n) is 14.2. The third kappa shape index (κ3) is 5.41. The number of amides is 3. The maximum absolute atomic E-state index is 12.3. The molecule has 0 bridgehead atoms. The van der Waals surface area contributed by atoms with Gasteiger partial charge in [-0.05, 0) is 31.2 Å². The fraction of sp³-hybridized carbons (Fsp3) is 0.529. The van der Waals surface area contributed by atoms with Gasteiger partial charge in [0.25, 0.3) is 0 Å². The lowest BCUT2D eigenvalue weighted by molar-refractivity contribution is -0.117. The first-order chi connectivity index (χ1) is 12.1. The normalized spacial score (nSPS) is 16.8. The molecule has 0 saturated carbocycles. The molecule has 1 saturated heterocycles. The van der Waals surface area contributed by atoms with E-state index in [4.69, 9.17) is 27.9 Å². The number of hydrogen-bond donors (Lipinski definition) is 1. The SMILES string of the molecule is CCOc1ccc(N2CC(NC(=O)N(CCCl)CCCl)CC2=O)cc1. The average Bonchev–Trinajstić information content (AvgIpc) is 2.96. The molecule has 1 atom stereocenters. The van der Waals surface area contributed by atoms with Gasteiger partial charge in [0.2, 0.25) is 5.91 Å². The summed E-state index contributed by atoms with van der Waals surface area (Å²) in [6, 6.07) is 6.88. The first-order valence-electron chi connectivity index (χ1n) is 8.29. The van der Waals surface area contributed by atoms with Gasteiger partial charge in [0.1, 0.15) is 5.75 Å². The Balaban J connectivity index is 1.96. The molecule has 1 fully saturated rings. The van der Waals surface area contributed by atoms with E-state index >= 15 is 0 Å². The highest BCUT2D eigenvalue weighted by molar-refractivity contribution is 6.18. The standard InChI is InChI=1S/C17H23Cl2N3O3/c1-2-25-15-5-3-14(4-6-15)22-12-13(11-16(22)23)20-17(24)21(9-7-18)10-8-19/h3-6,13H,2,7-12H2,1H3,(H,20,24). The van der Waals surface area contributed by atoms with Crippen molar-refractivity contribution in [3.63, 3.8) is 0 Å². The van der Waals surface area contributed by atoms with Gasteiger partial charge in [0.05, 0.1) is 12.6 Å². The van der Waals surface area contributed by atoms with Crippen molar-refractivity contribution < 1.29 is 14.3 Å². The Morgan fingerprint density at radius 1 is 1.28 bits per heavy atom. The number of halogens is 2. The third-order valence-electron chi connectivity index (χ3n) is 3.91. The highest BCUT2D eigenvalue weighted by Gasteiger charge is 2.32. The van der Waals surface area contributed by atoms with Crippen molar-refractivity contribution in [2.24, 2.45) is 0 Å². The fourth-order valence-electron chi connectivity index (χ4n) is 2.73. The summed E-state index contributed by atoms with van der Waals surface area (Å²) in [6.07, 6.45) is 0.272. The summed E-state index contributed by atoms with van der Waals surface area (Å²) in [5.74, 6) is 1.43. The number of benzene rings is 1. The molecule has 2 rings (SSSR count). The molecule has 0 spiro atoms. The number of hydrogen-bond acceptors (Lipinski definition) is 3. The molecule has 3 amide bonds. The molecule has 1 aliphatic heterocycles. The molecule has 138 valence electrons. The van der Waals surface area contributed by atoms with Crippen LogP contribution in [0.1, 0.15) is 13.3 Å². The van der Waals surface area contributed by atoms with Crippen LogP contribution in [0.4, 0.5) is 10.5 Å². The minimum atomic E-state index is -0.243. The minimum absolute atomic E-state index is 0.0179. The van der Waals surface area contributed by atoms with Crippen LogP contribution in [0, 0.1) is 0 Å². The number of carbonyl (C=O) groups is 2. The van der Waals surface area contributed by atoms with Gasteiger partial charge in [-0.15, -0.1) is 23.2 Å². The van der Waals surface area contributed by atoms with Gasteiger partial charge in [-0.25, -0.2) is 4.79 Å². The molecular formula is C17H23Cl2N3O3. The predicted molar refractivity (Wildman–Crippen MR) is 99.9 cm³/mol. The summed E-state index contributed by atoms with van der Waals surface area (Å²) in [4.78, 5) is 27.8. The van der Waals surface area contributed by atoms with Crippen LogP contribution in [0.15, 0.2) is 24.3 Å². The number of nitrogens with one attached hydrogen (secondary N) is 1. The maximum atomic E-state index is 12.3. The van der Waals surface area contributed by atoms with Crippen molar-refractivity contribution in [1.82, 2.24) is 10.2 Å². The van der Waals surface area contributed by atoms with Crippen molar-refractivity contribution in [2.75, 3.05) is 42.9 Å². The predicted octanol–water partition coefficient (Wildman–Crippen LogP) is 2.68.